The van der Waals surface area contributed by atoms with Crippen molar-refractivity contribution in [2.75, 3.05) is 44.6 Å². The van der Waals surface area contributed by atoms with E-state index in [1.807, 2.05) is 29.2 Å². The molecule has 0 radical (unpaired) electrons. The average molecular weight is 433 g/mol. The number of nitrogens with one attached hydrogen (secondary N) is 3. The predicted molar refractivity (Wildman–Crippen MR) is 118 cm³/mol. The average Bonchev–Trinajstić information content (AvgIpc) is 3.18. The van der Waals surface area contributed by atoms with Crippen LogP contribution in [0.15, 0.2) is 24.3 Å². The Morgan fingerprint density at radius 3 is 2.70 bits per heavy atom. The molecule has 2 aliphatic heterocycles. The molecule has 2 aromatic rings. The molecule has 3 heterocycles. The maximum Gasteiger partial charge on any atom is 0.274 e. The zero-order chi connectivity index (χ0) is 20.2. The molecule has 9 heteroatoms. The summed E-state index contributed by atoms with van der Waals surface area (Å²) in [4.78, 5) is 29.3. The molecule has 1 saturated heterocycles. The zero-order valence-corrected chi connectivity index (χ0v) is 18.1. The minimum absolute atomic E-state index is 0. The Labute approximate surface area is 182 Å². The molecule has 162 valence electrons. The highest BCUT2D eigenvalue weighted by atomic mass is 35.5. The van der Waals surface area contributed by atoms with E-state index in [9.17, 15) is 9.59 Å². The van der Waals surface area contributed by atoms with Gasteiger partial charge in [-0.15, -0.1) is 12.4 Å². The van der Waals surface area contributed by atoms with Gasteiger partial charge in [0.15, 0.2) is 5.69 Å². The fourth-order valence-electron chi connectivity index (χ4n) is 4.00. The molecule has 0 aliphatic carbocycles. The molecule has 1 aromatic carbocycles. The van der Waals surface area contributed by atoms with E-state index in [2.05, 4.69) is 32.7 Å². The second-order valence-corrected chi connectivity index (χ2v) is 7.58. The van der Waals surface area contributed by atoms with Crippen LogP contribution in [0.4, 0.5) is 5.69 Å². The normalized spacial score (nSPS) is 16.5. The Morgan fingerprint density at radius 1 is 1.17 bits per heavy atom. The van der Waals surface area contributed by atoms with Gasteiger partial charge < -0.3 is 15.5 Å². The van der Waals surface area contributed by atoms with E-state index in [0.29, 0.717) is 45.0 Å². The van der Waals surface area contributed by atoms with Crippen molar-refractivity contribution in [3.63, 3.8) is 0 Å². The number of fused-ring (bicyclic) bond motifs is 1. The van der Waals surface area contributed by atoms with Crippen LogP contribution in [0.2, 0.25) is 0 Å². The Kier molecular flexibility index (Phi) is 7.47. The van der Waals surface area contributed by atoms with Crippen molar-refractivity contribution in [1.29, 1.82) is 0 Å². The van der Waals surface area contributed by atoms with Crippen LogP contribution < -0.4 is 10.6 Å². The van der Waals surface area contributed by atoms with Crippen LogP contribution in [-0.4, -0.2) is 71.1 Å². The number of H-pyrrole nitrogens is 1. The van der Waals surface area contributed by atoms with Gasteiger partial charge in [-0.1, -0.05) is 25.1 Å². The van der Waals surface area contributed by atoms with Crippen molar-refractivity contribution in [3.8, 4) is 0 Å². The Morgan fingerprint density at radius 2 is 1.93 bits per heavy atom. The standard InChI is InChI=1S/C21H28N6O2.ClH/c1-2-15-5-3-4-6-17(15)23-19(28)14-26-9-11-27(12-10-26)21(29)20-16-13-22-8-7-18(16)24-25-20;/h3-6,22H,2,7-14H2,1H3,(H,23,28)(H,24,25);1H. The monoisotopic (exact) mass is 432 g/mol. The van der Waals surface area contributed by atoms with Crippen LogP contribution in [0, 0.1) is 0 Å². The summed E-state index contributed by atoms with van der Waals surface area (Å²) in [6.45, 7) is 6.58. The molecule has 1 fully saturated rings. The number of amides is 2. The topological polar surface area (TPSA) is 93.4 Å². The molecule has 3 N–H and O–H groups in total. The van der Waals surface area contributed by atoms with Crippen LogP contribution in [0.1, 0.15) is 34.2 Å². The largest absolute Gasteiger partial charge is 0.335 e. The first-order valence-electron chi connectivity index (χ1n) is 10.3. The summed E-state index contributed by atoms with van der Waals surface area (Å²) in [5.41, 5.74) is 4.61. The van der Waals surface area contributed by atoms with Gasteiger partial charge in [-0.2, -0.15) is 5.10 Å². The molecule has 0 saturated carbocycles. The first-order chi connectivity index (χ1) is 14.2. The second kappa shape index (κ2) is 10.1. The van der Waals surface area contributed by atoms with Gasteiger partial charge in [0.25, 0.3) is 5.91 Å². The maximum absolute atomic E-state index is 12.9. The third kappa shape index (κ3) is 4.83. The number of nitrogens with zero attached hydrogens (tertiary/aromatic N) is 3. The van der Waals surface area contributed by atoms with Crippen molar-refractivity contribution in [2.24, 2.45) is 0 Å². The second-order valence-electron chi connectivity index (χ2n) is 7.58. The van der Waals surface area contributed by atoms with Crippen molar-refractivity contribution >= 4 is 29.9 Å². The van der Waals surface area contributed by atoms with Gasteiger partial charge in [0, 0.05) is 62.6 Å². The quantitative estimate of drug-likeness (QED) is 0.664. The lowest BCUT2D eigenvalue weighted by atomic mass is 10.1. The summed E-state index contributed by atoms with van der Waals surface area (Å²) >= 11 is 0. The lowest BCUT2D eigenvalue weighted by Gasteiger charge is -2.34. The summed E-state index contributed by atoms with van der Waals surface area (Å²) in [5.74, 6) is -0.0368. The van der Waals surface area contributed by atoms with Crippen LogP contribution in [0.3, 0.4) is 0 Å². The maximum atomic E-state index is 12.9. The van der Waals surface area contributed by atoms with Gasteiger partial charge in [-0.3, -0.25) is 19.6 Å². The molecule has 2 aliphatic rings. The van der Waals surface area contributed by atoms with Gasteiger partial charge in [-0.05, 0) is 18.1 Å². The van der Waals surface area contributed by atoms with Crippen LogP contribution in [0.25, 0.3) is 0 Å². The number of piperazine rings is 1. The van der Waals surface area contributed by atoms with E-state index in [0.717, 1.165) is 41.9 Å². The molecule has 4 rings (SSSR count). The number of para-hydroxylation sites is 1. The summed E-state index contributed by atoms with van der Waals surface area (Å²) in [6, 6.07) is 7.88. The highest BCUT2D eigenvalue weighted by molar-refractivity contribution is 5.94. The number of carbonyl (C=O) groups excluding carboxylic acids is 2. The Bertz CT molecular complexity index is 891. The van der Waals surface area contributed by atoms with Gasteiger partial charge in [0.05, 0.1) is 6.54 Å². The minimum Gasteiger partial charge on any atom is -0.335 e. The number of anilines is 1. The van der Waals surface area contributed by atoms with Crippen molar-refractivity contribution in [2.45, 2.75) is 26.3 Å². The predicted octanol–water partition coefficient (Wildman–Crippen LogP) is 1.44. The van der Waals surface area contributed by atoms with Crippen LogP contribution in [0.5, 0.6) is 0 Å². The van der Waals surface area contributed by atoms with Crippen molar-refractivity contribution in [3.05, 3.63) is 46.8 Å². The first kappa shape index (κ1) is 22.3. The number of hydrogen-bond acceptors (Lipinski definition) is 5. The molecule has 30 heavy (non-hydrogen) atoms. The highest BCUT2D eigenvalue weighted by Gasteiger charge is 2.28. The fourth-order valence-corrected chi connectivity index (χ4v) is 4.00. The zero-order valence-electron chi connectivity index (χ0n) is 17.2. The number of benzene rings is 1. The Balaban J connectivity index is 0.00000256. The number of halogens is 1. The van der Waals surface area contributed by atoms with E-state index in [-0.39, 0.29) is 24.2 Å². The van der Waals surface area contributed by atoms with Gasteiger partial charge in [-0.25, -0.2) is 0 Å². The molecule has 0 spiro atoms. The third-order valence-electron chi connectivity index (χ3n) is 5.71. The SMILES string of the molecule is CCc1ccccc1NC(=O)CN1CCN(C(=O)c2n[nH]c3c2CNCC3)CC1.Cl. The lowest BCUT2D eigenvalue weighted by molar-refractivity contribution is -0.117. The fraction of sp³-hybridized carbons (Fsp3) is 0.476. The molecule has 8 nitrogen and oxygen atoms in total. The van der Waals surface area contributed by atoms with Crippen molar-refractivity contribution < 1.29 is 9.59 Å². The molecule has 2 amide bonds. The van der Waals surface area contributed by atoms with Crippen LogP contribution >= 0.6 is 12.4 Å². The smallest absolute Gasteiger partial charge is 0.274 e. The molecule has 0 bridgehead atoms. The van der Waals surface area contributed by atoms with E-state index in [1.165, 1.54) is 0 Å². The molecular formula is C21H29ClN6O2. The minimum atomic E-state index is -0.0211. The molecule has 1 aromatic heterocycles. The first-order valence-corrected chi connectivity index (χ1v) is 10.3. The van der Waals surface area contributed by atoms with E-state index in [4.69, 9.17) is 0 Å². The number of aromatic amines is 1. The number of aryl methyl sites for hydroxylation is 1. The van der Waals surface area contributed by atoms with Gasteiger partial charge in [0.1, 0.15) is 0 Å². The number of rotatable bonds is 5. The third-order valence-corrected chi connectivity index (χ3v) is 5.71. The van der Waals surface area contributed by atoms with E-state index < -0.39 is 0 Å². The number of carbonyl (C=O) groups is 2. The molecule has 0 atom stereocenters. The lowest BCUT2D eigenvalue weighted by Crippen LogP contribution is -2.50. The summed E-state index contributed by atoms with van der Waals surface area (Å²) < 4.78 is 0. The number of hydrogen-bond donors (Lipinski definition) is 3. The van der Waals surface area contributed by atoms with E-state index in [1.54, 1.807) is 0 Å². The van der Waals surface area contributed by atoms with E-state index >= 15 is 0 Å². The number of aromatic nitrogens is 2. The molecular weight excluding hydrogens is 404 g/mol. The summed E-state index contributed by atoms with van der Waals surface area (Å²) in [7, 11) is 0. The highest BCUT2D eigenvalue weighted by Crippen LogP contribution is 2.18. The van der Waals surface area contributed by atoms with Crippen LogP contribution in [-0.2, 0) is 24.2 Å². The van der Waals surface area contributed by atoms with Crippen molar-refractivity contribution in [1.82, 2.24) is 25.3 Å². The van der Waals surface area contributed by atoms with Gasteiger partial charge >= 0.3 is 0 Å². The molecule has 0 unspecified atom stereocenters. The van der Waals surface area contributed by atoms with Gasteiger partial charge in [0.2, 0.25) is 5.91 Å². The Hall–Kier alpha value is -2.42. The summed E-state index contributed by atoms with van der Waals surface area (Å²) in [5, 5.41) is 13.6. The summed E-state index contributed by atoms with van der Waals surface area (Å²) in [6.07, 6.45) is 1.75.